The number of carbonyl (C=O) groups is 1. The fourth-order valence-electron chi connectivity index (χ4n) is 6.69. The van der Waals surface area contributed by atoms with Crippen molar-refractivity contribution in [2.45, 2.75) is 24.5 Å². The summed E-state index contributed by atoms with van der Waals surface area (Å²) in [6.45, 7) is -0.0522. The molecule has 0 radical (unpaired) electrons. The first-order chi connectivity index (χ1) is 36.6. The number of phenols is 2. The van der Waals surface area contributed by atoms with E-state index in [0.717, 1.165) is 60.7 Å². The third-order valence-corrected chi connectivity index (χ3v) is 14.4. The smallest absolute Gasteiger partial charge is 0.425 e. The average Bonchev–Trinajstić information content (AvgIpc) is 3.46. The molecule has 0 unspecified atom stereocenters. The number of benzene rings is 7. The van der Waals surface area contributed by atoms with Crippen molar-refractivity contribution in [3.05, 3.63) is 107 Å². The third kappa shape index (κ3) is 13.7. The van der Waals surface area contributed by atoms with E-state index in [9.17, 15) is 85.4 Å². The van der Waals surface area contributed by atoms with Gasteiger partial charge in [-0.3, -0.25) is 37.7 Å². The molecule has 0 fully saturated rings. The lowest BCUT2D eigenvalue weighted by Crippen LogP contribution is -2.03. The van der Waals surface area contributed by atoms with E-state index in [0.29, 0.717) is 18.2 Å². The molecule has 7 aromatic carbocycles. The van der Waals surface area contributed by atoms with Gasteiger partial charge in [0.1, 0.15) is 53.7 Å². The number of azo groups is 4. The zero-order valence-electron chi connectivity index (χ0n) is 37.9. The number of nitro benzene ring substituents is 1. The van der Waals surface area contributed by atoms with Crippen LogP contribution >= 0.6 is 0 Å². The van der Waals surface area contributed by atoms with Crippen LogP contribution in [0.4, 0.5) is 56.9 Å². The largest absolute Gasteiger partial charge is 0.505 e. The van der Waals surface area contributed by atoms with Gasteiger partial charge in [0.25, 0.3) is 62.8 Å². The molecule has 0 bridgehead atoms. The predicted molar refractivity (Wildman–Crippen MR) is 264 cm³/mol. The van der Waals surface area contributed by atoms with Crippen molar-refractivity contribution in [3.8, 4) is 17.2 Å². The number of nitrogen functional groups attached to an aromatic ring is 1. The maximum atomic E-state index is 13.0. The van der Waals surface area contributed by atoms with Crippen molar-refractivity contribution < 1.29 is 102 Å². The van der Waals surface area contributed by atoms with Gasteiger partial charge in [-0.25, -0.2) is 0 Å². The number of non-ortho nitro benzene ring substituents is 1. The van der Waals surface area contributed by atoms with Crippen LogP contribution in [0, 0.1) is 10.1 Å². The highest BCUT2D eigenvalue weighted by Gasteiger charge is 2.29. The quantitative estimate of drug-likeness (QED) is 0.0117. The maximum Gasteiger partial charge on any atom is 0.425 e. The summed E-state index contributed by atoms with van der Waals surface area (Å²) in [6.07, 6.45) is 0. The van der Waals surface area contributed by atoms with Crippen molar-refractivity contribution in [3.63, 3.8) is 0 Å². The lowest BCUT2D eigenvalue weighted by atomic mass is 10.1. The zero-order valence-corrected chi connectivity index (χ0v) is 42.8. The standard InChI is InChI=1S/C39H26N10O21S5.O3S/c40-35-29(16-31(72(58,59)60)23-8-11-27(38(52)34(23)35)45-44-26-10-4-20(49(53)54)14-32(26)73(61,62)63)47-46-28-12-7-22-24(39(28)75(67,68)69)15-33(74(64,65)66)36(37(22)51)48-43-25-9-3-19(13-30(25)70-17-50)42-41-18-1-5-21(6-2-18)71(55,56)57;1-4(2)3/h1-17,51-52H,40H2,(H,55,56,57)(H,58,59,60)(H,61,62,63)(H,64,65,66)(H,67,68,69);. The Bertz CT molecular complexity index is 4580. The van der Waals surface area contributed by atoms with Crippen molar-refractivity contribution in [2.24, 2.45) is 40.9 Å². The highest BCUT2D eigenvalue weighted by molar-refractivity contribution is 7.87. The number of rotatable bonds is 16. The first kappa shape index (κ1) is 59.1. The summed E-state index contributed by atoms with van der Waals surface area (Å²) in [4.78, 5) is 16.4. The number of nitro groups is 1. The Morgan fingerprint density at radius 1 is 0.506 bits per heavy atom. The molecule has 0 heterocycles. The number of nitrogens with zero attached hydrogens (tertiary/aromatic N) is 9. The van der Waals surface area contributed by atoms with Crippen LogP contribution < -0.4 is 10.5 Å². The van der Waals surface area contributed by atoms with Crippen molar-refractivity contribution in [1.29, 1.82) is 0 Å². The van der Waals surface area contributed by atoms with Crippen LogP contribution in [0.2, 0.25) is 0 Å². The van der Waals surface area contributed by atoms with Gasteiger partial charge in [0.15, 0.2) is 17.2 Å². The second kappa shape index (κ2) is 22.5. The van der Waals surface area contributed by atoms with Crippen LogP contribution in [0.5, 0.6) is 17.2 Å². The molecule has 0 spiro atoms. The second-order valence-corrected chi connectivity index (χ2v) is 22.3. The van der Waals surface area contributed by atoms with Crippen LogP contribution in [0.25, 0.3) is 21.5 Å². The summed E-state index contributed by atoms with van der Waals surface area (Å²) in [5.41, 5.74) is 0.515. The summed E-state index contributed by atoms with van der Waals surface area (Å²) in [6, 6.07) is 14.4. The Morgan fingerprint density at radius 2 is 1.01 bits per heavy atom. The molecule has 0 atom stereocenters. The van der Waals surface area contributed by atoms with E-state index >= 15 is 0 Å². The van der Waals surface area contributed by atoms with Gasteiger partial charge in [0.05, 0.1) is 32.3 Å². The molecule has 0 amide bonds. The van der Waals surface area contributed by atoms with E-state index < -0.39 is 169 Å². The number of nitrogens with two attached hydrogens (primary N) is 1. The molecule has 0 saturated carbocycles. The molecule has 0 saturated heterocycles. The number of aromatic hydroxyl groups is 2. The first-order valence-electron chi connectivity index (χ1n) is 20.0. The number of carbonyl (C=O) groups excluding carboxylic acids is 1. The van der Waals surface area contributed by atoms with Gasteiger partial charge in [0.2, 0.25) is 0 Å². The van der Waals surface area contributed by atoms with Crippen LogP contribution in [-0.4, -0.2) is 99.1 Å². The Labute approximate surface area is 441 Å². The molecule has 0 aliphatic heterocycles. The van der Waals surface area contributed by atoms with Crippen LogP contribution in [-0.2, 0) is 66.0 Å². The number of anilines is 1. The monoisotopic (exact) mass is 1210 g/mol. The van der Waals surface area contributed by atoms with Gasteiger partial charge in [0, 0.05) is 34.4 Å². The summed E-state index contributed by atoms with van der Waals surface area (Å²) >= 11 is 0. The topological polar surface area (TPSA) is 558 Å². The van der Waals surface area contributed by atoms with Gasteiger partial charge in [-0.1, -0.05) is 6.07 Å². The zero-order chi connectivity index (χ0) is 58.7. The number of fused-ring (bicyclic) bond motifs is 2. The number of ether oxygens (including phenoxy) is 1. The Kier molecular flexibility index (Phi) is 16.8. The van der Waals surface area contributed by atoms with Crippen LogP contribution in [0.15, 0.2) is 162 Å². The molecule has 0 aliphatic carbocycles. The predicted octanol–water partition coefficient (Wildman–Crippen LogP) is 7.32. The minimum atomic E-state index is -5.61. The number of hydrogen-bond donors (Lipinski definition) is 8. The normalized spacial score (nSPS) is 12.6. The number of phenolic OH excluding ortho intramolecular Hbond substituents is 2. The van der Waals surface area contributed by atoms with Gasteiger partial charge in [-0.2, -0.15) is 52.3 Å². The molecule has 0 aliphatic rings. The summed E-state index contributed by atoms with van der Waals surface area (Å²) in [7, 11) is -29.2. The third-order valence-electron chi connectivity index (χ3n) is 9.97. The summed E-state index contributed by atoms with van der Waals surface area (Å²) in [5.74, 6) is -2.64. The Hall–Kier alpha value is -9.10. The minimum absolute atomic E-state index is 0.0146. The molecule has 0 aromatic heterocycles. The number of hydrogen-bond acceptors (Lipinski definition) is 28. The lowest BCUT2D eigenvalue weighted by Gasteiger charge is -2.13. The fourth-order valence-corrected chi connectivity index (χ4v) is 9.99. The molecule has 9 N–H and O–H groups in total. The van der Waals surface area contributed by atoms with Crippen molar-refractivity contribution in [1.82, 2.24) is 0 Å². The Balaban J connectivity index is 0.00000243. The second-order valence-electron chi connectivity index (χ2n) is 14.9. The molecule has 79 heavy (non-hydrogen) atoms. The summed E-state index contributed by atoms with van der Waals surface area (Å²) in [5, 5.41) is 61.2. The summed E-state index contributed by atoms with van der Waals surface area (Å²) < 4.78 is 203. The van der Waals surface area contributed by atoms with E-state index in [2.05, 4.69) is 40.9 Å². The van der Waals surface area contributed by atoms with E-state index in [1.54, 1.807) is 0 Å². The molecular formula is C39H26N10O24S6. The molecule has 34 nitrogen and oxygen atoms in total. The fraction of sp³-hybridized carbons (Fsp3) is 0. The van der Waals surface area contributed by atoms with Gasteiger partial charge in [-0.15, -0.1) is 43.3 Å². The van der Waals surface area contributed by atoms with E-state index in [-0.39, 0.29) is 23.5 Å². The molecule has 7 rings (SSSR count). The first-order valence-corrected chi connectivity index (χ1v) is 28.2. The Morgan fingerprint density at radius 3 is 1.58 bits per heavy atom. The average molecular weight is 1210 g/mol. The maximum absolute atomic E-state index is 13.0. The molecule has 40 heteroatoms. The molecular weight excluding hydrogens is 1180 g/mol. The van der Waals surface area contributed by atoms with E-state index in [1.165, 1.54) is 18.2 Å². The van der Waals surface area contributed by atoms with E-state index in [4.69, 9.17) is 27.6 Å². The molecule has 7 aromatic rings. The van der Waals surface area contributed by atoms with Crippen LogP contribution in [0.1, 0.15) is 0 Å². The van der Waals surface area contributed by atoms with Gasteiger partial charge in [-0.05, 0) is 72.8 Å². The minimum Gasteiger partial charge on any atom is -0.505 e. The van der Waals surface area contributed by atoms with Gasteiger partial charge >= 0.3 is 10.6 Å². The SMILES string of the molecule is Nc1c(N=Nc2ccc3c(O)c(N=Nc4ccc(N=Nc5ccc(S(=O)(=O)O)cc5)cc4OC=O)c(S(=O)(=O)O)cc3c2S(=O)(=O)O)cc(S(=O)(=O)O)c2ccc(N=Nc3ccc([N+](=O)[O-])cc3S(=O)(=O)O)c(O)c12.O=S(=O)=O. The van der Waals surface area contributed by atoms with E-state index in [1.807, 2.05) is 0 Å². The molecule has 412 valence electrons. The van der Waals surface area contributed by atoms with Crippen molar-refractivity contribution >= 4 is 146 Å². The van der Waals surface area contributed by atoms with Gasteiger partial charge < -0.3 is 20.7 Å². The van der Waals surface area contributed by atoms with Crippen molar-refractivity contribution in [2.75, 3.05) is 5.73 Å². The van der Waals surface area contributed by atoms with Crippen LogP contribution in [0.3, 0.4) is 0 Å². The lowest BCUT2D eigenvalue weighted by molar-refractivity contribution is -0.385. The highest BCUT2D eigenvalue weighted by Crippen LogP contribution is 2.48. The highest BCUT2D eigenvalue weighted by atomic mass is 32.2.